The van der Waals surface area contributed by atoms with Crippen LogP contribution in [0.5, 0.6) is 5.75 Å². The summed E-state index contributed by atoms with van der Waals surface area (Å²) in [6, 6.07) is 3.83. The van der Waals surface area contributed by atoms with Gasteiger partial charge in [-0.3, -0.25) is 0 Å². The number of carbonyl (C=O) groups excluding carboxylic acids is 1. The number of benzene rings is 1. The second kappa shape index (κ2) is 10.0. The first-order valence-electron chi connectivity index (χ1n) is 10.6. The lowest BCUT2D eigenvalue weighted by Gasteiger charge is -2.26. The van der Waals surface area contributed by atoms with E-state index < -0.39 is 5.60 Å². The third kappa shape index (κ3) is 6.35. The van der Waals surface area contributed by atoms with Crippen LogP contribution in [0.2, 0.25) is 0 Å². The number of nitrogens with one attached hydrogen (secondary N) is 2. The predicted octanol–water partition coefficient (Wildman–Crippen LogP) is 5.02. The smallest absolute Gasteiger partial charge is 0.410 e. The molecule has 2 atom stereocenters. The maximum atomic E-state index is 12.3. The fraction of sp³-hybridized carbons (Fsp3) is 0.636. The maximum Gasteiger partial charge on any atom is 0.410 e. The van der Waals surface area contributed by atoms with Gasteiger partial charge in [-0.05, 0) is 58.6 Å². The second-order valence-electron chi connectivity index (χ2n) is 8.90. The quantitative estimate of drug-likeness (QED) is 0.557. The Morgan fingerprint density at radius 2 is 2.17 bits per heavy atom. The van der Waals surface area contributed by atoms with E-state index in [9.17, 15) is 4.79 Å². The molecule has 8 heteroatoms. The number of hydrogen-bond donors (Lipinski definition) is 2. The fourth-order valence-corrected chi connectivity index (χ4v) is 4.11. The monoisotopic (exact) mass is 481 g/mol. The molecule has 0 aliphatic carbocycles. The van der Waals surface area contributed by atoms with Crippen molar-refractivity contribution >= 4 is 33.9 Å². The molecule has 30 heavy (non-hydrogen) atoms. The average Bonchev–Trinajstić information content (AvgIpc) is 3.15. The van der Waals surface area contributed by atoms with Gasteiger partial charge in [0.05, 0.1) is 12.2 Å². The molecule has 7 nitrogen and oxygen atoms in total. The van der Waals surface area contributed by atoms with Crippen molar-refractivity contribution in [3.05, 3.63) is 22.2 Å². The van der Waals surface area contributed by atoms with Gasteiger partial charge in [-0.25, -0.2) is 4.79 Å². The number of hydrogen-bond acceptors (Lipinski definition) is 6. The molecule has 1 aromatic carbocycles. The largest absolute Gasteiger partial charge is 0.492 e. The van der Waals surface area contributed by atoms with Crippen molar-refractivity contribution < 1.29 is 19.0 Å². The van der Waals surface area contributed by atoms with Gasteiger partial charge >= 0.3 is 6.09 Å². The topological polar surface area (TPSA) is 83.9 Å². The SMILES string of the molecule is CC(C)(C)OC(=O)N1CC[C@H](COc2cc(Br)cc(NC3CCCCO3)c2C=N)C1. The van der Waals surface area contributed by atoms with Crippen LogP contribution in [0, 0.1) is 11.3 Å². The minimum atomic E-state index is -0.494. The Morgan fingerprint density at radius 1 is 1.37 bits per heavy atom. The van der Waals surface area contributed by atoms with Crippen molar-refractivity contribution in [2.45, 2.75) is 58.3 Å². The molecule has 0 spiro atoms. The molecule has 0 bridgehead atoms. The van der Waals surface area contributed by atoms with Crippen molar-refractivity contribution in [2.75, 3.05) is 31.6 Å². The Bertz CT molecular complexity index is 759. The van der Waals surface area contributed by atoms with Gasteiger partial charge in [-0.15, -0.1) is 0 Å². The molecule has 2 fully saturated rings. The molecule has 0 aromatic heterocycles. The Hall–Kier alpha value is -1.80. The van der Waals surface area contributed by atoms with E-state index in [-0.39, 0.29) is 18.2 Å². The third-order valence-corrected chi connectivity index (χ3v) is 5.62. The van der Waals surface area contributed by atoms with Crippen LogP contribution in [-0.4, -0.2) is 55.3 Å². The number of amides is 1. The summed E-state index contributed by atoms with van der Waals surface area (Å²) in [5, 5.41) is 11.3. The summed E-state index contributed by atoms with van der Waals surface area (Å²) in [5.74, 6) is 0.876. The Labute approximate surface area is 187 Å². The molecule has 3 rings (SSSR count). The van der Waals surface area contributed by atoms with Crippen LogP contribution in [0.1, 0.15) is 52.0 Å². The summed E-state index contributed by atoms with van der Waals surface area (Å²) in [6.07, 6.45) is 5.03. The van der Waals surface area contributed by atoms with Crippen LogP contribution < -0.4 is 10.1 Å². The molecule has 166 valence electrons. The molecule has 2 saturated heterocycles. The van der Waals surface area contributed by atoms with Gasteiger partial charge in [0.1, 0.15) is 17.6 Å². The van der Waals surface area contributed by atoms with Gasteiger partial charge in [0.15, 0.2) is 0 Å². The van der Waals surface area contributed by atoms with Gasteiger partial charge in [-0.1, -0.05) is 15.9 Å². The van der Waals surface area contributed by atoms with Gasteiger partial charge in [0.25, 0.3) is 0 Å². The Morgan fingerprint density at radius 3 is 2.83 bits per heavy atom. The predicted molar refractivity (Wildman–Crippen MR) is 121 cm³/mol. The van der Waals surface area contributed by atoms with Gasteiger partial charge < -0.3 is 29.8 Å². The number of carbonyl (C=O) groups is 1. The zero-order valence-corrected chi connectivity index (χ0v) is 19.6. The minimum Gasteiger partial charge on any atom is -0.492 e. The van der Waals surface area contributed by atoms with Crippen LogP contribution in [-0.2, 0) is 9.47 Å². The van der Waals surface area contributed by atoms with Gasteiger partial charge in [0, 0.05) is 42.0 Å². The van der Waals surface area contributed by atoms with E-state index in [2.05, 4.69) is 21.2 Å². The van der Waals surface area contributed by atoms with E-state index in [0.717, 1.165) is 42.5 Å². The summed E-state index contributed by atoms with van der Waals surface area (Å²) in [7, 11) is 0. The van der Waals surface area contributed by atoms with E-state index in [1.807, 2.05) is 32.9 Å². The molecule has 0 saturated carbocycles. The summed E-state index contributed by atoms with van der Waals surface area (Å²) >= 11 is 3.55. The number of rotatable bonds is 6. The summed E-state index contributed by atoms with van der Waals surface area (Å²) in [6.45, 7) is 8.14. The Balaban J connectivity index is 1.61. The number of ether oxygens (including phenoxy) is 3. The molecule has 2 heterocycles. The van der Waals surface area contributed by atoms with E-state index >= 15 is 0 Å². The molecule has 1 amide bonds. The Kier molecular flexibility index (Phi) is 7.63. The van der Waals surface area contributed by atoms with E-state index in [1.165, 1.54) is 6.21 Å². The normalized spacial score (nSPS) is 21.9. The first-order valence-corrected chi connectivity index (χ1v) is 11.4. The molecular formula is C22H32BrN3O4. The van der Waals surface area contributed by atoms with Crippen molar-refractivity contribution in [2.24, 2.45) is 5.92 Å². The summed E-state index contributed by atoms with van der Waals surface area (Å²) < 4.78 is 18.2. The zero-order valence-electron chi connectivity index (χ0n) is 18.0. The lowest BCUT2D eigenvalue weighted by Crippen LogP contribution is -2.35. The molecule has 1 unspecified atom stereocenters. The lowest BCUT2D eigenvalue weighted by molar-refractivity contribution is 0.0284. The van der Waals surface area contributed by atoms with Crippen LogP contribution in [0.15, 0.2) is 16.6 Å². The molecule has 2 aliphatic rings. The number of halogens is 1. The summed E-state index contributed by atoms with van der Waals surface area (Å²) in [4.78, 5) is 14.0. The maximum absolute atomic E-state index is 12.3. The molecule has 2 N–H and O–H groups in total. The van der Waals surface area contributed by atoms with Gasteiger partial charge in [-0.2, -0.15) is 0 Å². The van der Waals surface area contributed by atoms with Gasteiger partial charge in [0.2, 0.25) is 0 Å². The highest BCUT2D eigenvalue weighted by Gasteiger charge is 2.30. The fourth-order valence-electron chi connectivity index (χ4n) is 3.68. The van der Waals surface area contributed by atoms with Crippen molar-refractivity contribution in [3.63, 3.8) is 0 Å². The van der Waals surface area contributed by atoms with Crippen LogP contribution in [0.3, 0.4) is 0 Å². The number of likely N-dealkylation sites (tertiary alicyclic amines) is 1. The minimum absolute atomic E-state index is 0.0446. The number of anilines is 1. The average molecular weight is 482 g/mol. The highest BCUT2D eigenvalue weighted by atomic mass is 79.9. The molecule has 2 aliphatic heterocycles. The van der Waals surface area contributed by atoms with Crippen molar-refractivity contribution in [1.82, 2.24) is 4.90 Å². The van der Waals surface area contributed by atoms with E-state index in [4.69, 9.17) is 19.6 Å². The van der Waals surface area contributed by atoms with Crippen LogP contribution in [0.25, 0.3) is 0 Å². The van der Waals surface area contributed by atoms with E-state index in [0.29, 0.717) is 31.0 Å². The van der Waals surface area contributed by atoms with Crippen LogP contribution >= 0.6 is 15.9 Å². The van der Waals surface area contributed by atoms with E-state index in [1.54, 1.807) is 4.90 Å². The highest BCUT2D eigenvalue weighted by Crippen LogP contribution is 2.32. The summed E-state index contributed by atoms with van der Waals surface area (Å²) in [5.41, 5.74) is 1.03. The second-order valence-corrected chi connectivity index (χ2v) is 9.82. The molecular weight excluding hydrogens is 450 g/mol. The van der Waals surface area contributed by atoms with Crippen LogP contribution in [0.4, 0.5) is 10.5 Å². The molecule has 1 aromatic rings. The highest BCUT2D eigenvalue weighted by molar-refractivity contribution is 9.10. The standard InChI is InChI=1S/C22H32BrN3O4/c1-22(2,3)30-21(27)26-8-7-15(13-26)14-29-19-11-16(23)10-18(17(19)12-24)25-20-6-4-5-9-28-20/h10-12,15,20,24-25H,4-9,13-14H2,1-3H3/t15-,20?/m0/s1. The first-order chi connectivity index (χ1) is 14.2. The number of nitrogens with zero attached hydrogens (tertiary/aromatic N) is 1. The zero-order chi connectivity index (χ0) is 21.7. The first kappa shape index (κ1) is 22.9. The third-order valence-electron chi connectivity index (χ3n) is 5.16. The lowest BCUT2D eigenvalue weighted by atomic mass is 10.1. The van der Waals surface area contributed by atoms with Crippen molar-refractivity contribution in [3.8, 4) is 5.75 Å². The van der Waals surface area contributed by atoms with Crippen molar-refractivity contribution in [1.29, 1.82) is 5.41 Å². The molecule has 0 radical (unpaired) electrons.